The molecule has 23 heavy (non-hydrogen) atoms. The van der Waals surface area contributed by atoms with Crippen molar-refractivity contribution < 1.29 is 14.3 Å². The largest absolute Gasteiger partial charge is 0.496 e. The number of carbonyl (C=O) groups is 1. The summed E-state index contributed by atoms with van der Waals surface area (Å²) in [6, 6.07) is 6.19. The van der Waals surface area contributed by atoms with E-state index in [0.717, 1.165) is 30.8 Å². The molecule has 0 saturated carbocycles. The first-order chi connectivity index (χ1) is 11.0. The lowest BCUT2D eigenvalue weighted by Crippen LogP contribution is -2.27. The third-order valence-electron chi connectivity index (χ3n) is 4.15. The minimum atomic E-state index is 0.120. The Morgan fingerprint density at radius 3 is 2.52 bits per heavy atom. The molecule has 0 fully saturated rings. The Bertz CT molecular complexity index is 486. The van der Waals surface area contributed by atoms with E-state index in [1.807, 2.05) is 13.0 Å². The van der Waals surface area contributed by atoms with Crippen molar-refractivity contribution >= 4 is 5.91 Å². The molecule has 0 radical (unpaired) electrons. The van der Waals surface area contributed by atoms with Crippen molar-refractivity contribution in [2.75, 3.05) is 27.4 Å². The highest BCUT2D eigenvalue weighted by atomic mass is 16.5. The van der Waals surface area contributed by atoms with Gasteiger partial charge in [0.15, 0.2) is 0 Å². The van der Waals surface area contributed by atoms with Crippen LogP contribution in [0.3, 0.4) is 0 Å². The summed E-state index contributed by atoms with van der Waals surface area (Å²) in [6.07, 6.45) is 2.45. The van der Waals surface area contributed by atoms with Crippen LogP contribution in [-0.2, 0) is 9.53 Å². The van der Waals surface area contributed by atoms with Gasteiger partial charge in [0.05, 0.1) is 7.11 Å². The maximum absolute atomic E-state index is 12.2. The van der Waals surface area contributed by atoms with Crippen LogP contribution in [0.2, 0.25) is 0 Å². The molecule has 4 heteroatoms. The number of nitrogens with one attached hydrogen (secondary N) is 1. The molecule has 0 aromatic heterocycles. The molecule has 1 amide bonds. The van der Waals surface area contributed by atoms with Crippen LogP contribution >= 0.6 is 0 Å². The lowest BCUT2D eigenvalue weighted by molar-refractivity contribution is -0.121. The SMILES string of the molecule is COCCCCNC(=O)CC(c1ccc(OC)c(C)c1)C(C)C. The van der Waals surface area contributed by atoms with Crippen molar-refractivity contribution in [2.45, 2.75) is 46.0 Å². The van der Waals surface area contributed by atoms with Gasteiger partial charge in [0.25, 0.3) is 0 Å². The maximum Gasteiger partial charge on any atom is 0.220 e. The Kier molecular flexibility index (Phi) is 8.70. The van der Waals surface area contributed by atoms with Gasteiger partial charge in [-0.3, -0.25) is 4.79 Å². The zero-order valence-corrected chi connectivity index (χ0v) is 15.1. The minimum absolute atomic E-state index is 0.120. The van der Waals surface area contributed by atoms with Gasteiger partial charge in [0.1, 0.15) is 5.75 Å². The third-order valence-corrected chi connectivity index (χ3v) is 4.15. The highest BCUT2D eigenvalue weighted by Crippen LogP contribution is 2.31. The summed E-state index contributed by atoms with van der Waals surface area (Å²) in [6.45, 7) is 7.83. The van der Waals surface area contributed by atoms with E-state index in [4.69, 9.17) is 9.47 Å². The van der Waals surface area contributed by atoms with E-state index in [0.29, 0.717) is 18.9 Å². The Morgan fingerprint density at radius 1 is 1.22 bits per heavy atom. The predicted octanol–water partition coefficient (Wildman–Crippen LogP) is 3.68. The van der Waals surface area contributed by atoms with E-state index in [9.17, 15) is 4.79 Å². The fourth-order valence-electron chi connectivity index (χ4n) is 2.74. The Balaban J connectivity index is 2.61. The van der Waals surface area contributed by atoms with E-state index in [1.165, 1.54) is 5.56 Å². The first-order valence-corrected chi connectivity index (χ1v) is 8.39. The van der Waals surface area contributed by atoms with E-state index < -0.39 is 0 Å². The molecule has 1 aromatic rings. The van der Waals surface area contributed by atoms with Crippen molar-refractivity contribution in [3.63, 3.8) is 0 Å². The normalized spacial score (nSPS) is 12.3. The van der Waals surface area contributed by atoms with Gasteiger partial charge < -0.3 is 14.8 Å². The average molecular weight is 321 g/mol. The van der Waals surface area contributed by atoms with Gasteiger partial charge in [-0.25, -0.2) is 0 Å². The van der Waals surface area contributed by atoms with Gasteiger partial charge >= 0.3 is 0 Å². The Hall–Kier alpha value is -1.55. The summed E-state index contributed by atoms with van der Waals surface area (Å²) < 4.78 is 10.3. The molecule has 0 bridgehead atoms. The number of hydrogen-bond acceptors (Lipinski definition) is 3. The number of methoxy groups -OCH3 is 2. The van der Waals surface area contributed by atoms with Gasteiger partial charge in [0.2, 0.25) is 5.91 Å². The summed E-state index contributed by atoms with van der Waals surface area (Å²) in [7, 11) is 3.38. The third kappa shape index (κ3) is 6.61. The number of rotatable bonds is 10. The smallest absolute Gasteiger partial charge is 0.220 e. The van der Waals surface area contributed by atoms with Crippen molar-refractivity contribution in [2.24, 2.45) is 5.92 Å². The second kappa shape index (κ2) is 10.3. The summed E-state index contributed by atoms with van der Waals surface area (Å²) in [5.74, 6) is 1.63. The molecular formula is C19H31NO3. The first kappa shape index (κ1) is 19.5. The molecule has 130 valence electrons. The number of amides is 1. The molecule has 1 rings (SSSR count). The van der Waals surface area contributed by atoms with E-state index in [2.05, 4.69) is 31.3 Å². The van der Waals surface area contributed by atoms with Crippen molar-refractivity contribution in [1.82, 2.24) is 5.32 Å². The van der Waals surface area contributed by atoms with Crippen LogP contribution in [0, 0.1) is 12.8 Å². The molecule has 0 heterocycles. The lowest BCUT2D eigenvalue weighted by atomic mass is 9.85. The van der Waals surface area contributed by atoms with Gasteiger partial charge in [-0.15, -0.1) is 0 Å². The highest BCUT2D eigenvalue weighted by Gasteiger charge is 2.20. The van der Waals surface area contributed by atoms with Crippen LogP contribution in [0.4, 0.5) is 0 Å². The van der Waals surface area contributed by atoms with Crippen molar-refractivity contribution in [1.29, 1.82) is 0 Å². The Morgan fingerprint density at radius 2 is 1.96 bits per heavy atom. The van der Waals surface area contributed by atoms with Gasteiger partial charge in [-0.2, -0.15) is 0 Å². The van der Waals surface area contributed by atoms with Gasteiger partial charge in [-0.05, 0) is 48.8 Å². The molecule has 0 saturated heterocycles. The van der Waals surface area contributed by atoms with Crippen LogP contribution in [0.15, 0.2) is 18.2 Å². The number of aryl methyl sites for hydroxylation is 1. The molecule has 0 aliphatic heterocycles. The molecule has 1 unspecified atom stereocenters. The molecule has 1 N–H and O–H groups in total. The maximum atomic E-state index is 12.2. The minimum Gasteiger partial charge on any atom is -0.496 e. The topological polar surface area (TPSA) is 47.6 Å². The van der Waals surface area contributed by atoms with Crippen LogP contribution in [0.5, 0.6) is 5.75 Å². The first-order valence-electron chi connectivity index (χ1n) is 8.39. The second-order valence-electron chi connectivity index (χ2n) is 6.33. The predicted molar refractivity (Wildman–Crippen MR) is 94.0 cm³/mol. The molecule has 4 nitrogen and oxygen atoms in total. The average Bonchev–Trinajstić information content (AvgIpc) is 2.52. The summed E-state index contributed by atoms with van der Waals surface area (Å²) >= 11 is 0. The standard InChI is InChI=1S/C19H31NO3/c1-14(2)17(13-19(21)20-10-6-7-11-22-4)16-8-9-18(23-5)15(3)12-16/h8-9,12,14,17H,6-7,10-11,13H2,1-5H3,(H,20,21). The van der Waals surface area contributed by atoms with Crippen LogP contribution in [0.25, 0.3) is 0 Å². The number of unbranched alkanes of at least 4 members (excludes halogenated alkanes) is 1. The monoisotopic (exact) mass is 321 g/mol. The molecule has 0 aliphatic carbocycles. The molecular weight excluding hydrogens is 290 g/mol. The second-order valence-corrected chi connectivity index (χ2v) is 6.33. The van der Waals surface area contributed by atoms with Crippen LogP contribution < -0.4 is 10.1 Å². The fourth-order valence-corrected chi connectivity index (χ4v) is 2.74. The summed E-state index contributed by atoms with van der Waals surface area (Å²) in [4.78, 5) is 12.2. The van der Waals surface area contributed by atoms with E-state index in [1.54, 1.807) is 14.2 Å². The van der Waals surface area contributed by atoms with Crippen LogP contribution in [-0.4, -0.2) is 33.3 Å². The Labute approximate surface area is 140 Å². The summed E-state index contributed by atoms with van der Waals surface area (Å²) in [5.41, 5.74) is 2.31. The molecule has 0 spiro atoms. The van der Waals surface area contributed by atoms with Gasteiger partial charge in [-0.1, -0.05) is 26.0 Å². The zero-order chi connectivity index (χ0) is 17.2. The fraction of sp³-hybridized carbons (Fsp3) is 0.632. The number of hydrogen-bond donors (Lipinski definition) is 1. The van der Waals surface area contributed by atoms with Gasteiger partial charge in [0, 0.05) is 26.7 Å². The van der Waals surface area contributed by atoms with E-state index in [-0.39, 0.29) is 11.8 Å². The zero-order valence-electron chi connectivity index (χ0n) is 15.1. The number of ether oxygens (including phenoxy) is 2. The van der Waals surface area contributed by atoms with Crippen molar-refractivity contribution in [3.8, 4) is 5.75 Å². The quantitative estimate of drug-likeness (QED) is 0.669. The lowest BCUT2D eigenvalue weighted by Gasteiger charge is -2.22. The van der Waals surface area contributed by atoms with E-state index >= 15 is 0 Å². The number of carbonyl (C=O) groups excluding carboxylic acids is 1. The molecule has 1 aromatic carbocycles. The van der Waals surface area contributed by atoms with Crippen molar-refractivity contribution in [3.05, 3.63) is 29.3 Å². The van der Waals surface area contributed by atoms with Crippen LogP contribution in [0.1, 0.15) is 50.2 Å². The number of benzene rings is 1. The molecule has 1 atom stereocenters. The summed E-state index contributed by atoms with van der Waals surface area (Å²) in [5, 5.41) is 3.01. The highest BCUT2D eigenvalue weighted by molar-refractivity contribution is 5.76. The molecule has 0 aliphatic rings.